The molecule has 0 aliphatic carbocycles. The molecule has 0 saturated heterocycles. The Bertz CT molecular complexity index is 2720. The van der Waals surface area contributed by atoms with Crippen LogP contribution in [0.25, 0.3) is 0 Å². The van der Waals surface area contributed by atoms with E-state index in [-0.39, 0.29) is 25.0 Å². The van der Waals surface area contributed by atoms with Crippen LogP contribution in [-0.2, 0) is 18.2 Å². The first kappa shape index (κ1) is 49.8. The zero-order valence-electron chi connectivity index (χ0n) is 40.1. The van der Waals surface area contributed by atoms with E-state index in [1.165, 1.54) is 33.4 Å². The van der Waals surface area contributed by atoms with Crippen molar-refractivity contribution in [3.63, 3.8) is 0 Å². The monoisotopic (exact) mass is 970 g/mol. The Balaban J connectivity index is 0.861. The van der Waals surface area contributed by atoms with Crippen LogP contribution in [0.4, 0.5) is 0 Å². The lowest BCUT2D eigenvalue weighted by atomic mass is 9.89. The van der Waals surface area contributed by atoms with Crippen LogP contribution in [0.5, 0.6) is 23.0 Å². The van der Waals surface area contributed by atoms with Crippen LogP contribution in [0.1, 0.15) is 109 Å². The molecule has 0 heterocycles. The Morgan fingerprint density at radius 2 is 0.486 bits per heavy atom. The molecule has 358 valence electrons. The van der Waals surface area contributed by atoms with Gasteiger partial charge in [-0.05, 0) is 106 Å². The lowest BCUT2D eigenvalue weighted by Gasteiger charge is -2.21. The molecule has 0 aliphatic heterocycles. The van der Waals surface area contributed by atoms with Crippen LogP contribution in [0.2, 0.25) is 0 Å². The van der Waals surface area contributed by atoms with Gasteiger partial charge in [0.15, 0.2) is 0 Å². The lowest BCUT2D eigenvalue weighted by molar-refractivity contribution is 0.183. The molecule has 0 N–H and O–H groups in total. The van der Waals surface area contributed by atoms with Crippen LogP contribution in [0, 0.1) is 0 Å². The fraction of sp³-hybridized carbons (Fsp3) is 0.200. The van der Waals surface area contributed by atoms with E-state index in [1.807, 2.05) is 48.5 Å². The number of hydrogen-bond acceptors (Lipinski definition) is 8. The number of hydrogen-bond donors (Lipinski definition) is 0. The van der Waals surface area contributed by atoms with Crippen molar-refractivity contribution in [3.8, 4) is 23.0 Å². The van der Waals surface area contributed by atoms with Gasteiger partial charge < -0.3 is 18.1 Å². The fourth-order valence-electron chi connectivity index (χ4n) is 8.21. The third-order valence-corrected chi connectivity index (χ3v) is 15.4. The van der Waals surface area contributed by atoms with Gasteiger partial charge in [0, 0.05) is 23.7 Å². The van der Waals surface area contributed by atoms with Crippen molar-refractivity contribution in [1.29, 1.82) is 0 Å². The van der Waals surface area contributed by atoms with E-state index in [4.69, 9.17) is 27.1 Å². The quantitative estimate of drug-likeness (QED) is 0.0463. The molecule has 0 saturated carbocycles. The largest absolute Gasteiger partial charge is 0.587 e. The van der Waals surface area contributed by atoms with Crippen LogP contribution >= 0.6 is 15.6 Å². The summed E-state index contributed by atoms with van der Waals surface area (Å²) in [5.74, 6) is 2.16. The second-order valence-corrected chi connectivity index (χ2v) is 20.5. The number of rotatable bonds is 23. The van der Waals surface area contributed by atoms with E-state index in [9.17, 15) is 9.13 Å². The summed E-state index contributed by atoms with van der Waals surface area (Å²) < 4.78 is 64.0. The number of unbranched alkanes of at least 4 members (excludes halogenated alkanes) is 1. The van der Waals surface area contributed by atoms with Crippen molar-refractivity contribution in [2.24, 2.45) is 0 Å². The molecular formula is C60H60O8P2. The van der Waals surface area contributed by atoms with Gasteiger partial charge in [0.05, 0.1) is 13.2 Å². The molecule has 8 aromatic rings. The molecule has 0 spiro atoms. The molecule has 0 bridgehead atoms. The van der Waals surface area contributed by atoms with Crippen molar-refractivity contribution in [2.75, 3.05) is 13.2 Å². The van der Waals surface area contributed by atoms with Crippen molar-refractivity contribution in [1.82, 2.24) is 0 Å². The van der Waals surface area contributed by atoms with Gasteiger partial charge in [0.25, 0.3) is 0 Å². The predicted molar refractivity (Wildman–Crippen MR) is 280 cm³/mol. The molecule has 8 nitrogen and oxygen atoms in total. The van der Waals surface area contributed by atoms with E-state index < -0.39 is 15.6 Å². The highest BCUT2D eigenvalue weighted by Crippen LogP contribution is 2.51. The minimum Gasteiger partial charge on any atom is -0.395 e. The predicted octanol–water partition coefficient (Wildman–Crippen LogP) is 16.9. The van der Waals surface area contributed by atoms with Crippen LogP contribution in [0.3, 0.4) is 0 Å². The lowest BCUT2D eigenvalue weighted by Crippen LogP contribution is -2.08. The molecule has 0 fully saturated rings. The Kier molecular flexibility index (Phi) is 16.9. The van der Waals surface area contributed by atoms with E-state index in [0.29, 0.717) is 47.7 Å². The zero-order chi connectivity index (χ0) is 48.8. The molecule has 8 rings (SSSR count). The molecule has 0 aliphatic rings. The molecule has 10 heteroatoms. The first-order chi connectivity index (χ1) is 34.0. The first-order valence-corrected chi connectivity index (χ1v) is 26.8. The smallest absolute Gasteiger partial charge is 0.395 e. The number of phosphoric acid groups is 2. The average Bonchev–Trinajstić information content (AvgIpc) is 3.40. The van der Waals surface area contributed by atoms with Crippen molar-refractivity contribution in [2.45, 2.75) is 64.2 Å². The summed E-state index contributed by atoms with van der Waals surface area (Å²) in [6.07, 6.45) is 0.740. The third-order valence-electron chi connectivity index (χ3n) is 12.6. The summed E-state index contributed by atoms with van der Waals surface area (Å²) in [5.41, 5.74) is 9.60. The van der Waals surface area contributed by atoms with Crippen LogP contribution < -0.4 is 18.1 Å². The SMILES string of the molecule is CC(c1ccccc1)c1ccc(C(C)c2ccc(OP(=O)(OCCCCOP(=O)(Oc3ccccc3)Oc3ccc(C(C)c4ccc(C(C)c5ccccc5)cc4)cc3)Oc3ccccc3)cc2)cc1. The topological polar surface area (TPSA) is 89.5 Å². The highest BCUT2D eigenvalue weighted by atomic mass is 31.2. The number of phosphoric ester groups is 2. The summed E-state index contributed by atoms with van der Waals surface area (Å²) in [6, 6.07) is 71.0. The Morgan fingerprint density at radius 1 is 0.286 bits per heavy atom. The van der Waals surface area contributed by atoms with E-state index in [0.717, 1.165) is 11.1 Å². The number of benzene rings is 8. The average molecular weight is 971 g/mol. The van der Waals surface area contributed by atoms with E-state index in [2.05, 4.69) is 125 Å². The third kappa shape index (κ3) is 13.6. The molecule has 6 atom stereocenters. The second-order valence-electron chi connectivity index (χ2n) is 17.4. The second kappa shape index (κ2) is 23.8. The maximum atomic E-state index is 14.2. The van der Waals surface area contributed by atoms with Crippen LogP contribution in [-0.4, -0.2) is 13.2 Å². The Morgan fingerprint density at radius 3 is 0.743 bits per heavy atom. The summed E-state index contributed by atoms with van der Waals surface area (Å²) in [7, 11) is -8.34. The van der Waals surface area contributed by atoms with Gasteiger partial charge in [0.1, 0.15) is 23.0 Å². The Hall–Kier alpha value is -6.66. The summed E-state index contributed by atoms with van der Waals surface area (Å²) >= 11 is 0. The van der Waals surface area contributed by atoms with Gasteiger partial charge >= 0.3 is 15.6 Å². The molecule has 0 aromatic heterocycles. The summed E-state index contributed by atoms with van der Waals surface area (Å²) in [4.78, 5) is 0. The standard InChI is InChI=1S/C60H60O8P2/c1-45(49-19-9-5-10-20-49)51-27-31-53(32-28-51)47(3)55-35-39-59(40-36-55)67-69(61,65-57-23-13-7-14-24-57)63-43-17-18-44-64-70(62,66-58-25-15-8-16-26-58)68-60-41-37-56(38-42-60)48(4)54-33-29-52(30-34-54)46(2)50-21-11-6-12-22-50/h5-16,19-42,45-48H,17-18,43-44H2,1-4H3. The van der Waals surface area contributed by atoms with Gasteiger partial charge in [-0.15, -0.1) is 0 Å². The summed E-state index contributed by atoms with van der Waals surface area (Å²) in [5, 5.41) is 0. The first-order valence-electron chi connectivity index (χ1n) is 23.9. The molecule has 8 aromatic carbocycles. The minimum absolute atomic E-state index is 0.000596. The van der Waals surface area contributed by atoms with Gasteiger partial charge in [-0.25, -0.2) is 9.13 Å². The maximum Gasteiger partial charge on any atom is 0.587 e. The van der Waals surface area contributed by atoms with Gasteiger partial charge in [-0.1, -0.05) is 198 Å². The molecule has 6 unspecified atom stereocenters. The highest BCUT2D eigenvalue weighted by molar-refractivity contribution is 7.49. The normalized spacial score (nSPS) is 14.7. The van der Waals surface area contributed by atoms with E-state index >= 15 is 0 Å². The molecule has 70 heavy (non-hydrogen) atoms. The van der Waals surface area contributed by atoms with E-state index in [1.54, 1.807) is 72.8 Å². The minimum atomic E-state index is -4.17. The number of para-hydroxylation sites is 2. The van der Waals surface area contributed by atoms with Crippen molar-refractivity contribution in [3.05, 3.63) is 263 Å². The summed E-state index contributed by atoms with van der Waals surface area (Å²) in [6.45, 7) is 8.76. The van der Waals surface area contributed by atoms with Crippen LogP contribution in [0.15, 0.2) is 218 Å². The Labute approximate surface area is 413 Å². The molecular weight excluding hydrogens is 911 g/mol. The zero-order valence-corrected chi connectivity index (χ0v) is 41.9. The fourth-order valence-corrected chi connectivity index (χ4v) is 10.7. The van der Waals surface area contributed by atoms with Crippen molar-refractivity contribution >= 4 is 15.6 Å². The van der Waals surface area contributed by atoms with Gasteiger partial charge in [0.2, 0.25) is 0 Å². The molecule has 0 amide bonds. The van der Waals surface area contributed by atoms with Gasteiger partial charge in [-0.3, -0.25) is 9.05 Å². The molecule has 0 radical (unpaired) electrons. The van der Waals surface area contributed by atoms with Crippen molar-refractivity contribution < 1.29 is 36.3 Å². The van der Waals surface area contributed by atoms with Gasteiger partial charge in [-0.2, -0.15) is 0 Å². The highest BCUT2D eigenvalue weighted by Gasteiger charge is 2.33. The maximum absolute atomic E-state index is 14.2.